The summed E-state index contributed by atoms with van der Waals surface area (Å²) in [4.78, 5) is 4.07. The van der Waals surface area contributed by atoms with Gasteiger partial charge in [-0.15, -0.1) is 0 Å². The van der Waals surface area contributed by atoms with Gasteiger partial charge in [0.15, 0.2) is 0 Å². The van der Waals surface area contributed by atoms with Crippen molar-refractivity contribution in [2.24, 2.45) is 0 Å². The minimum absolute atomic E-state index is 0.0742. The molecule has 0 saturated heterocycles. The highest BCUT2D eigenvalue weighted by Gasteiger charge is 2.04. The third-order valence-electron chi connectivity index (χ3n) is 1.67. The monoisotopic (exact) mass is 153 g/mol. The lowest BCUT2D eigenvalue weighted by molar-refractivity contribution is 0.442. The zero-order chi connectivity index (χ0) is 8.27. The quantitative estimate of drug-likeness (QED) is 0.636. The number of aryl methyl sites for hydroxylation is 1. The van der Waals surface area contributed by atoms with Gasteiger partial charge in [-0.3, -0.25) is 9.37 Å². The van der Waals surface area contributed by atoms with Crippen LogP contribution in [0.25, 0.3) is 0 Å². The molecule has 0 bridgehead atoms. The van der Waals surface area contributed by atoms with Gasteiger partial charge in [-0.25, -0.2) is 0 Å². The molecule has 0 fully saturated rings. The number of alkyl halides is 1. The first kappa shape index (κ1) is 8.18. The second-order valence-electron chi connectivity index (χ2n) is 2.81. The Kier molecular flexibility index (Phi) is 2.58. The van der Waals surface area contributed by atoms with E-state index in [2.05, 4.69) is 4.98 Å². The van der Waals surface area contributed by atoms with E-state index in [9.17, 15) is 4.39 Å². The molecule has 0 radical (unpaired) electrons. The lowest BCUT2D eigenvalue weighted by Crippen LogP contribution is -1.98. The molecule has 1 aromatic rings. The zero-order valence-electron chi connectivity index (χ0n) is 6.84. The standard InChI is InChI=1S/C9H12FN/c1-7-3-4-11-9(5-7)8(2)6-10/h3-5,8H,6H2,1-2H3. The molecule has 0 N–H and O–H groups in total. The molecule has 0 aliphatic rings. The van der Waals surface area contributed by atoms with E-state index in [0.717, 1.165) is 11.3 Å². The normalized spacial score (nSPS) is 13.0. The van der Waals surface area contributed by atoms with Gasteiger partial charge in [-0.2, -0.15) is 0 Å². The maximum atomic E-state index is 12.2. The van der Waals surface area contributed by atoms with Crippen molar-refractivity contribution < 1.29 is 4.39 Å². The second-order valence-corrected chi connectivity index (χ2v) is 2.81. The zero-order valence-corrected chi connectivity index (χ0v) is 6.84. The number of aromatic nitrogens is 1. The highest BCUT2D eigenvalue weighted by atomic mass is 19.1. The van der Waals surface area contributed by atoms with Crippen molar-refractivity contribution in [3.05, 3.63) is 29.6 Å². The van der Waals surface area contributed by atoms with Crippen LogP contribution in [0.4, 0.5) is 4.39 Å². The fourth-order valence-corrected chi connectivity index (χ4v) is 0.908. The summed E-state index contributed by atoms with van der Waals surface area (Å²) >= 11 is 0. The molecule has 1 unspecified atom stereocenters. The van der Waals surface area contributed by atoms with E-state index in [1.54, 1.807) is 6.20 Å². The summed E-state index contributed by atoms with van der Waals surface area (Å²) < 4.78 is 12.2. The van der Waals surface area contributed by atoms with Crippen molar-refractivity contribution >= 4 is 0 Å². The Balaban J connectivity index is 2.86. The van der Waals surface area contributed by atoms with Crippen LogP contribution in [0.2, 0.25) is 0 Å². The number of hydrogen-bond acceptors (Lipinski definition) is 1. The van der Waals surface area contributed by atoms with E-state index in [4.69, 9.17) is 0 Å². The second kappa shape index (κ2) is 3.46. The number of pyridine rings is 1. The highest BCUT2D eigenvalue weighted by molar-refractivity contribution is 5.17. The van der Waals surface area contributed by atoms with Crippen LogP contribution < -0.4 is 0 Å². The van der Waals surface area contributed by atoms with E-state index in [-0.39, 0.29) is 12.6 Å². The van der Waals surface area contributed by atoms with Crippen LogP contribution in [-0.4, -0.2) is 11.7 Å². The Morgan fingerprint density at radius 3 is 2.91 bits per heavy atom. The maximum Gasteiger partial charge on any atom is 0.0975 e. The highest BCUT2D eigenvalue weighted by Crippen LogP contribution is 2.13. The minimum Gasteiger partial charge on any atom is -0.261 e. The number of rotatable bonds is 2. The molecule has 0 amide bonds. The van der Waals surface area contributed by atoms with Crippen LogP contribution in [0.1, 0.15) is 24.1 Å². The Hall–Kier alpha value is -0.920. The third kappa shape index (κ3) is 2.00. The molecule has 1 nitrogen and oxygen atoms in total. The molecule has 2 heteroatoms. The fraction of sp³-hybridized carbons (Fsp3) is 0.444. The van der Waals surface area contributed by atoms with Crippen molar-refractivity contribution in [1.29, 1.82) is 0 Å². The summed E-state index contributed by atoms with van der Waals surface area (Å²) in [5.74, 6) is -0.0742. The molecule has 1 rings (SSSR count). The Bertz CT molecular complexity index is 235. The summed E-state index contributed by atoms with van der Waals surface area (Å²) in [5.41, 5.74) is 1.97. The van der Waals surface area contributed by atoms with Gasteiger partial charge in [0.25, 0.3) is 0 Å². The van der Waals surface area contributed by atoms with Gasteiger partial charge in [0, 0.05) is 17.8 Å². The van der Waals surface area contributed by atoms with Crippen molar-refractivity contribution in [1.82, 2.24) is 4.98 Å². The van der Waals surface area contributed by atoms with E-state index in [0.29, 0.717) is 0 Å². The largest absolute Gasteiger partial charge is 0.261 e. The lowest BCUT2D eigenvalue weighted by atomic mass is 10.1. The van der Waals surface area contributed by atoms with Gasteiger partial charge in [-0.05, 0) is 24.6 Å². The molecule has 1 atom stereocenters. The third-order valence-corrected chi connectivity index (χ3v) is 1.67. The molecule has 1 heterocycles. The van der Waals surface area contributed by atoms with Crippen molar-refractivity contribution in [3.8, 4) is 0 Å². The summed E-state index contributed by atoms with van der Waals surface area (Å²) in [6, 6.07) is 3.83. The summed E-state index contributed by atoms with van der Waals surface area (Å²) in [6.45, 7) is 3.48. The van der Waals surface area contributed by atoms with Crippen molar-refractivity contribution in [2.75, 3.05) is 6.67 Å². The molecule has 0 saturated carbocycles. The van der Waals surface area contributed by atoms with Gasteiger partial charge >= 0.3 is 0 Å². The molecule has 0 spiro atoms. The summed E-state index contributed by atoms with van der Waals surface area (Å²) in [5, 5.41) is 0. The van der Waals surface area contributed by atoms with Gasteiger partial charge in [0.1, 0.15) is 0 Å². The topological polar surface area (TPSA) is 12.9 Å². The van der Waals surface area contributed by atoms with Crippen LogP contribution >= 0.6 is 0 Å². The average Bonchev–Trinajstić information content (AvgIpc) is 2.03. The van der Waals surface area contributed by atoms with Gasteiger partial charge < -0.3 is 0 Å². The van der Waals surface area contributed by atoms with Crippen LogP contribution in [0.5, 0.6) is 0 Å². The van der Waals surface area contributed by atoms with Crippen LogP contribution in [0.15, 0.2) is 18.3 Å². The number of nitrogens with zero attached hydrogens (tertiary/aromatic N) is 1. The van der Waals surface area contributed by atoms with E-state index < -0.39 is 0 Å². The SMILES string of the molecule is Cc1ccnc(C(C)CF)c1. The summed E-state index contributed by atoms with van der Waals surface area (Å²) in [6.07, 6.45) is 1.72. The molecule has 1 aromatic heterocycles. The number of halogens is 1. The maximum absolute atomic E-state index is 12.2. The van der Waals surface area contributed by atoms with Crippen LogP contribution in [0, 0.1) is 6.92 Å². The predicted molar refractivity (Wildman–Crippen MR) is 43.4 cm³/mol. The molecule has 0 aliphatic carbocycles. The predicted octanol–water partition coefficient (Wildman–Crippen LogP) is 2.46. The van der Waals surface area contributed by atoms with Gasteiger partial charge in [0.2, 0.25) is 0 Å². The number of hydrogen-bond donors (Lipinski definition) is 0. The molecule has 60 valence electrons. The molecule has 0 aromatic carbocycles. The first-order chi connectivity index (χ1) is 5.24. The summed E-state index contributed by atoms with van der Waals surface area (Å²) in [7, 11) is 0. The van der Waals surface area contributed by atoms with Gasteiger partial charge in [-0.1, -0.05) is 6.92 Å². The lowest BCUT2D eigenvalue weighted by Gasteiger charge is -2.05. The van der Waals surface area contributed by atoms with Crippen LogP contribution in [-0.2, 0) is 0 Å². The Labute approximate surface area is 66.3 Å². The Morgan fingerprint density at radius 2 is 2.36 bits per heavy atom. The minimum atomic E-state index is -0.337. The first-order valence-corrected chi connectivity index (χ1v) is 3.72. The molecular formula is C9H12FN. The fourth-order valence-electron chi connectivity index (χ4n) is 0.908. The van der Waals surface area contributed by atoms with Gasteiger partial charge in [0.05, 0.1) is 6.67 Å². The van der Waals surface area contributed by atoms with Crippen molar-refractivity contribution in [3.63, 3.8) is 0 Å². The van der Waals surface area contributed by atoms with E-state index >= 15 is 0 Å². The van der Waals surface area contributed by atoms with E-state index in [1.807, 2.05) is 26.0 Å². The first-order valence-electron chi connectivity index (χ1n) is 3.72. The Morgan fingerprint density at radius 1 is 1.64 bits per heavy atom. The average molecular weight is 153 g/mol. The molecule has 0 aliphatic heterocycles. The smallest absolute Gasteiger partial charge is 0.0975 e. The molecule has 11 heavy (non-hydrogen) atoms. The van der Waals surface area contributed by atoms with E-state index in [1.165, 1.54) is 0 Å². The van der Waals surface area contributed by atoms with Crippen LogP contribution in [0.3, 0.4) is 0 Å². The molecular weight excluding hydrogens is 141 g/mol. The van der Waals surface area contributed by atoms with Crippen molar-refractivity contribution in [2.45, 2.75) is 19.8 Å².